The van der Waals surface area contributed by atoms with Gasteiger partial charge in [-0.1, -0.05) is 31.7 Å². The zero-order chi connectivity index (χ0) is 15.7. The number of benzene rings is 1. The van der Waals surface area contributed by atoms with E-state index in [1.165, 1.54) is 45.9 Å². The molecule has 22 heavy (non-hydrogen) atoms. The predicted molar refractivity (Wildman–Crippen MR) is 97.1 cm³/mol. The number of rotatable bonds is 5. The third-order valence-electron chi connectivity index (χ3n) is 5.86. The standard InChI is InChI=1S/C19H31BN2/c1-4-19(3,21)13-22-11-15(12-22)9-17-6-5-16-7-8-20-10-18(16)14(17)2/h5-6,15,20H,4,7-13,21H2,1-3H3. The van der Waals surface area contributed by atoms with Gasteiger partial charge in [0.2, 0.25) is 0 Å². The third-order valence-corrected chi connectivity index (χ3v) is 5.86. The van der Waals surface area contributed by atoms with E-state index in [0.29, 0.717) is 0 Å². The minimum atomic E-state index is -0.0211. The van der Waals surface area contributed by atoms with Crippen LogP contribution in [-0.2, 0) is 19.2 Å². The van der Waals surface area contributed by atoms with Crippen molar-refractivity contribution in [2.24, 2.45) is 11.7 Å². The smallest absolute Gasteiger partial charge is 0.126 e. The summed E-state index contributed by atoms with van der Waals surface area (Å²) in [6, 6.07) is 4.81. The van der Waals surface area contributed by atoms with Crippen molar-refractivity contribution >= 4 is 7.28 Å². The molecule has 1 aromatic carbocycles. The van der Waals surface area contributed by atoms with Gasteiger partial charge in [0.15, 0.2) is 0 Å². The van der Waals surface area contributed by atoms with Crippen LogP contribution in [0.5, 0.6) is 0 Å². The van der Waals surface area contributed by atoms with Crippen molar-refractivity contribution in [3.05, 3.63) is 34.4 Å². The van der Waals surface area contributed by atoms with Crippen molar-refractivity contribution in [3.63, 3.8) is 0 Å². The highest BCUT2D eigenvalue weighted by Crippen LogP contribution is 2.28. The number of hydrogen-bond acceptors (Lipinski definition) is 2. The van der Waals surface area contributed by atoms with Gasteiger partial charge in [0, 0.05) is 25.2 Å². The Kier molecular flexibility index (Phi) is 4.65. The Morgan fingerprint density at radius 3 is 2.86 bits per heavy atom. The van der Waals surface area contributed by atoms with Crippen LogP contribution in [0.15, 0.2) is 12.1 Å². The molecule has 3 rings (SSSR count). The fourth-order valence-electron chi connectivity index (χ4n) is 4.15. The number of hydrogen-bond donors (Lipinski definition) is 1. The van der Waals surface area contributed by atoms with Gasteiger partial charge in [0.05, 0.1) is 0 Å². The average molecular weight is 298 g/mol. The molecule has 0 aromatic heterocycles. The van der Waals surface area contributed by atoms with Gasteiger partial charge in [-0.05, 0) is 61.3 Å². The molecular formula is C19H31BN2. The van der Waals surface area contributed by atoms with Crippen molar-refractivity contribution in [2.45, 2.75) is 58.2 Å². The van der Waals surface area contributed by atoms with E-state index in [2.05, 4.69) is 37.8 Å². The molecule has 0 bridgehead atoms. The van der Waals surface area contributed by atoms with Gasteiger partial charge in [-0.25, -0.2) is 0 Å². The van der Waals surface area contributed by atoms with Gasteiger partial charge < -0.3 is 10.6 Å². The Balaban J connectivity index is 1.57. The molecule has 2 N–H and O–H groups in total. The number of nitrogens with zero attached hydrogens (tertiary/aromatic N) is 1. The highest BCUT2D eigenvalue weighted by atomic mass is 15.2. The fourth-order valence-corrected chi connectivity index (χ4v) is 4.15. The summed E-state index contributed by atoms with van der Waals surface area (Å²) in [5.41, 5.74) is 12.7. The maximum Gasteiger partial charge on any atom is 0.126 e. The van der Waals surface area contributed by atoms with Crippen LogP contribution < -0.4 is 5.73 Å². The van der Waals surface area contributed by atoms with Crippen LogP contribution in [0.4, 0.5) is 0 Å². The van der Waals surface area contributed by atoms with E-state index in [4.69, 9.17) is 5.73 Å². The van der Waals surface area contributed by atoms with Crippen LogP contribution in [-0.4, -0.2) is 37.4 Å². The SMILES string of the molecule is CCC(C)(N)CN1CC(Cc2ccc3c(c2C)CBCC3)C1. The Bertz CT molecular complexity index is 532. The van der Waals surface area contributed by atoms with Gasteiger partial charge in [-0.2, -0.15) is 0 Å². The molecule has 2 aliphatic rings. The first kappa shape index (κ1) is 16.1. The molecule has 3 heteroatoms. The number of aryl methyl sites for hydroxylation is 1. The van der Waals surface area contributed by atoms with Crippen molar-refractivity contribution < 1.29 is 0 Å². The lowest BCUT2D eigenvalue weighted by atomic mass is 9.61. The fraction of sp³-hybridized carbons (Fsp3) is 0.684. The van der Waals surface area contributed by atoms with Gasteiger partial charge in [-0.3, -0.25) is 0 Å². The molecule has 1 unspecified atom stereocenters. The molecule has 1 atom stereocenters. The zero-order valence-electron chi connectivity index (χ0n) is 14.6. The molecule has 2 heterocycles. The lowest BCUT2D eigenvalue weighted by molar-refractivity contribution is 0.0757. The summed E-state index contributed by atoms with van der Waals surface area (Å²) >= 11 is 0. The third kappa shape index (κ3) is 3.41. The van der Waals surface area contributed by atoms with Crippen molar-refractivity contribution in [2.75, 3.05) is 19.6 Å². The number of nitrogens with two attached hydrogens (primary N) is 1. The van der Waals surface area contributed by atoms with Crippen LogP contribution in [0, 0.1) is 12.8 Å². The lowest BCUT2D eigenvalue weighted by Gasteiger charge is -2.43. The van der Waals surface area contributed by atoms with E-state index >= 15 is 0 Å². The van der Waals surface area contributed by atoms with E-state index in [-0.39, 0.29) is 5.54 Å². The van der Waals surface area contributed by atoms with Crippen molar-refractivity contribution in [3.8, 4) is 0 Å². The molecule has 0 spiro atoms. The molecule has 2 nitrogen and oxygen atoms in total. The summed E-state index contributed by atoms with van der Waals surface area (Å²) in [7, 11) is 1.38. The second-order valence-corrected chi connectivity index (χ2v) is 7.97. The second-order valence-electron chi connectivity index (χ2n) is 7.97. The van der Waals surface area contributed by atoms with E-state index in [9.17, 15) is 0 Å². The first-order valence-electron chi connectivity index (χ1n) is 9.10. The second kappa shape index (κ2) is 6.37. The normalized spacial score (nSPS) is 21.6. The molecule has 0 amide bonds. The Morgan fingerprint density at radius 2 is 2.14 bits per heavy atom. The summed E-state index contributed by atoms with van der Waals surface area (Å²) in [5, 5.41) is 0. The largest absolute Gasteiger partial charge is 0.324 e. The first-order chi connectivity index (χ1) is 10.5. The summed E-state index contributed by atoms with van der Waals surface area (Å²) in [6.07, 6.45) is 6.27. The zero-order valence-corrected chi connectivity index (χ0v) is 14.6. The maximum atomic E-state index is 6.28. The van der Waals surface area contributed by atoms with Crippen LogP contribution in [0.25, 0.3) is 0 Å². The summed E-state index contributed by atoms with van der Waals surface area (Å²) < 4.78 is 0. The first-order valence-corrected chi connectivity index (χ1v) is 9.10. The topological polar surface area (TPSA) is 29.3 Å². The Morgan fingerprint density at radius 1 is 1.36 bits per heavy atom. The van der Waals surface area contributed by atoms with E-state index in [1.807, 2.05) is 0 Å². The summed E-state index contributed by atoms with van der Waals surface area (Å²) in [5.74, 6) is 0.827. The predicted octanol–water partition coefficient (Wildman–Crippen LogP) is 2.51. The minimum Gasteiger partial charge on any atom is -0.324 e. The van der Waals surface area contributed by atoms with E-state index in [0.717, 1.165) is 18.9 Å². The molecule has 1 saturated heterocycles. The molecule has 1 fully saturated rings. The Hall–Kier alpha value is -0.795. The Labute approximate surface area is 136 Å². The number of fused-ring (bicyclic) bond motifs is 1. The molecule has 120 valence electrons. The van der Waals surface area contributed by atoms with Crippen LogP contribution in [0.1, 0.15) is 42.5 Å². The van der Waals surface area contributed by atoms with Crippen molar-refractivity contribution in [1.82, 2.24) is 4.90 Å². The van der Waals surface area contributed by atoms with Crippen LogP contribution >= 0.6 is 0 Å². The van der Waals surface area contributed by atoms with E-state index in [1.54, 1.807) is 22.3 Å². The number of likely N-dealkylation sites (tertiary alicyclic amines) is 1. The molecule has 0 aliphatic carbocycles. The van der Waals surface area contributed by atoms with Crippen LogP contribution in [0.2, 0.25) is 6.32 Å². The molecule has 0 saturated carbocycles. The maximum absolute atomic E-state index is 6.28. The minimum absolute atomic E-state index is 0.0211. The van der Waals surface area contributed by atoms with Gasteiger partial charge >= 0.3 is 0 Å². The van der Waals surface area contributed by atoms with E-state index < -0.39 is 0 Å². The monoisotopic (exact) mass is 298 g/mol. The molecule has 1 aromatic rings. The molecular weight excluding hydrogens is 267 g/mol. The van der Waals surface area contributed by atoms with Crippen molar-refractivity contribution in [1.29, 1.82) is 0 Å². The highest BCUT2D eigenvalue weighted by Gasteiger charge is 2.31. The van der Waals surface area contributed by atoms with Crippen LogP contribution in [0.3, 0.4) is 0 Å². The molecule has 0 radical (unpaired) electrons. The van der Waals surface area contributed by atoms with Gasteiger partial charge in [-0.15, -0.1) is 0 Å². The lowest BCUT2D eigenvalue weighted by Crippen LogP contribution is -2.56. The summed E-state index contributed by atoms with van der Waals surface area (Å²) in [6.45, 7) is 10.2. The molecule has 2 aliphatic heterocycles. The average Bonchev–Trinajstić information content (AvgIpc) is 2.47. The highest BCUT2D eigenvalue weighted by molar-refractivity contribution is 6.35. The van der Waals surface area contributed by atoms with Gasteiger partial charge in [0.1, 0.15) is 7.28 Å². The quantitative estimate of drug-likeness (QED) is 0.846. The summed E-state index contributed by atoms with van der Waals surface area (Å²) in [4.78, 5) is 2.53. The van der Waals surface area contributed by atoms with Gasteiger partial charge in [0.25, 0.3) is 0 Å².